The fourth-order valence-corrected chi connectivity index (χ4v) is 3.29. The summed E-state index contributed by atoms with van der Waals surface area (Å²) in [4.78, 5) is 24.9. The van der Waals surface area contributed by atoms with Gasteiger partial charge in [0.25, 0.3) is 0 Å². The van der Waals surface area contributed by atoms with Crippen LogP contribution in [0.3, 0.4) is 0 Å². The number of para-hydroxylation sites is 2. The second-order valence-corrected chi connectivity index (χ2v) is 5.83. The van der Waals surface area contributed by atoms with Gasteiger partial charge in [0, 0.05) is 11.5 Å². The highest BCUT2D eigenvalue weighted by molar-refractivity contribution is 5.90. The zero-order valence-corrected chi connectivity index (χ0v) is 13.7. The summed E-state index contributed by atoms with van der Waals surface area (Å²) in [5.41, 5.74) is 1.06. The van der Waals surface area contributed by atoms with Crippen molar-refractivity contribution < 1.29 is 18.7 Å². The van der Waals surface area contributed by atoms with Crippen molar-refractivity contribution in [1.82, 2.24) is 0 Å². The summed E-state index contributed by atoms with van der Waals surface area (Å²) in [6, 6.07) is 14.5. The van der Waals surface area contributed by atoms with E-state index in [4.69, 9.17) is 13.9 Å². The highest BCUT2D eigenvalue weighted by atomic mass is 16.5. The van der Waals surface area contributed by atoms with Gasteiger partial charge in [-0.15, -0.1) is 0 Å². The van der Waals surface area contributed by atoms with Crippen molar-refractivity contribution in [1.29, 1.82) is 0 Å². The molecule has 0 aliphatic carbocycles. The van der Waals surface area contributed by atoms with Gasteiger partial charge in [-0.1, -0.05) is 30.3 Å². The van der Waals surface area contributed by atoms with Crippen LogP contribution in [0.15, 0.2) is 57.7 Å². The number of benzene rings is 2. The Balaban J connectivity index is 1.98. The standard InChI is InChI=1S/C20H16O5/c1-2-23-15-9-5-3-7-12(15)14-11-17(21)25-19-13-8-4-6-10-16(13)24-20(22)18(14)19/h3-10,14H,2,11H2,1H3. The quantitative estimate of drug-likeness (QED) is 0.540. The lowest BCUT2D eigenvalue weighted by atomic mass is 9.86. The number of fused-ring (bicyclic) bond motifs is 3. The third-order valence-electron chi connectivity index (χ3n) is 4.33. The average molecular weight is 336 g/mol. The van der Waals surface area contributed by atoms with Crippen molar-refractivity contribution in [2.24, 2.45) is 0 Å². The second-order valence-electron chi connectivity index (χ2n) is 5.83. The van der Waals surface area contributed by atoms with Crippen molar-refractivity contribution >= 4 is 16.9 Å². The third kappa shape index (κ3) is 2.58. The Kier molecular flexibility index (Phi) is 3.76. The largest absolute Gasteiger partial charge is 0.494 e. The molecular formula is C20H16O5. The van der Waals surface area contributed by atoms with E-state index in [0.717, 1.165) is 5.56 Å². The van der Waals surface area contributed by atoms with E-state index in [-0.39, 0.29) is 12.4 Å². The molecule has 0 bridgehead atoms. The molecule has 25 heavy (non-hydrogen) atoms. The molecule has 0 amide bonds. The minimum atomic E-state index is -0.488. The van der Waals surface area contributed by atoms with E-state index in [1.54, 1.807) is 18.2 Å². The first-order valence-corrected chi connectivity index (χ1v) is 8.17. The maximum Gasteiger partial charge on any atom is 0.343 e. The summed E-state index contributed by atoms with van der Waals surface area (Å²) in [5.74, 6) is 0.113. The van der Waals surface area contributed by atoms with Gasteiger partial charge in [-0.3, -0.25) is 4.79 Å². The SMILES string of the molecule is CCOc1ccccc1C1CC(=O)Oc2c1c(=O)oc1ccccc21. The number of hydrogen-bond donors (Lipinski definition) is 0. The van der Waals surface area contributed by atoms with Crippen LogP contribution in [0.2, 0.25) is 0 Å². The van der Waals surface area contributed by atoms with Crippen LogP contribution in [-0.4, -0.2) is 12.6 Å². The Morgan fingerprint density at radius 1 is 1.08 bits per heavy atom. The van der Waals surface area contributed by atoms with Gasteiger partial charge in [0.2, 0.25) is 0 Å². The molecule has 1 aliphatic rings. The molecule has 2 aromatic carbocycles. The topological polar surface area (TPSA) is 65.7 Å². The van der Waals surface area contributed by atoms with Crippen LogP contribution in [0, 0.1) is 0 Å². The van der Waals surface area contributed by atoms with Gasteiger partial charge in [-0.05, 0) is 25.1 Å². The van der Waals surface area contributed by atoms with E-state index < -0.39 is 11.5 Å². The molecule has 0 spiro atoms. The maximum atomic E-state index is 12.6. The average Bonchev–Trinajstić information content (AvgIpc) is 2.62. The van der Waals surface area contributed by atoms with E-state index in [9.17, 15) is 9.59 Å². The van der Waals surface area contributed by atoms with E-state index in [1.807, 2.05) is 37.3 Å². The molecule has 1 aliphatic heterocycles. The predicted octanol–water partition coefficient (Wildman–Crippen LogP) is 3.63. The normalized spacial score (nSPS) is 16.4. The maximum absolute atomic E-state index is 12.6. The van der Waals surface area contributed by atoms with Gasteiger partial charge < -0.3 is 13.9 Å². The number of carbonyl (C=O) groups is 1. The van der Waals surface area contributed by atoms with Crippen LogP contribution in [-0.2, 0) is 4.79 Å². The Morgan fingerprint density at radius 3 is 2.68 bits per heavy atom. The van der Waals surface area contributed by atoms with Gasteiger partial charge in [0.1, 0.15) is 11.3 Å². The predicted molar refractivity (Wildman–Crippen MR) is 92.2 cm³/mol. The minimum Gasteiger partial charge on any atom is -0.494 e. The number of hydrogen-bond acceptors (Lipinski definition) is 5. The molecule has 0 N–H and O–H groups in total. The molecule has 126 valence electrons. The molecule has 2 heterocycles. The van der Waals surface area contributed by atoms with Crippen molar-refractivity contribution in [3.63, 3.8) is 0 Å². The first kappa shape index (κ1) is 15.4. The molecule has 1 unspecified atom stereocenters. The van der Waals surface area contributed by atoms with E-state index in [1.165, 1.54) is 0 Å². The summed E-state index contributed by atoms with van der Waals surface area (Å²) >= 11 is 0. The van der Waals surface area contributed by atoms with Gasteiger partial charge >= 0.3 is 11.6 Å². The molecule has 0 saturated heterocycles. The van der Waals surface area contributed by atoms with E-state index >= 15 is 0 Å². The molecule has 0 saturated carbocycles. The lowest BCUT2D eigenvalue weighted by molar-refractivity contribution is -0.135. The minimum absolute atomic E-state index is 0.0696. The van der Waals surface area contributed by atoms with Crippen LogP contribution in [0.4, 0.5) is 0 Å². The molecular weight excluding hydrogens is 320 g/mol. The summed E-state index contributed by atoms with van der Waals surface area (Å²) in [5, 5.41) is 0.615. The fourth-order valence-electron chi connectivity index (χ4n) is 3.29. The molecule has 0 radical (unpaired) electrons. The number of carbonyl (C=O) groups excluding carboxylic acids is 1. The summed E-state index contributed by atoms with van der Waals surface area (Å²) in [6.45, 7) is 2.38. The first-order chi connectivity index (χ1) is 12.2. The number of rotatable bonds is 3. The van der Waals surface area contributed by atoms with Crippen LogP contribution in [0.5, 0.6) is 11.5 Å². The van der Waals surface area contributed by atoms with Crippen molar-refractivity contribution in [3.8, 4) is 11.5 Å². The molecule has 5 nitrogen and oxygen atoms in total. The smallest absolute Gasteiger partial charge is 0.343 e. The molecule has 1 atom stereocenters. The zero-order chi connectivity index (χ0) is 17.4. The monoisotopic (exact) mass is 336 g/mol. The van der Waals surface area contributed by atoms with Gasteiger partial charge in [0.05, 0.1) is 24.0 Å². The van der Waals surface area contributed by atoms with Gasteiger partial charge in [0.15, 0.2) is 5.75 Å². The Labute approximate surface area is 143 Å². The van der Waals surface area contributed by atoms with Gasteiger partial charge in [-0.2, -0.15) is 0 Å². The highest BCUT2D eigenvalue weighted by Gasteiger charge is 2.35. The van der Waals surface area contributed by atoms with Crippen LogP contribution >= 0.6 is 0 Å². The lowest BCUT2D eigenvalue weighted by Gasteiger charge is -2.25. The molecule has 4 rings (SSSR count). The Morgan fingerprint density at radius 2 is 1.84 bits per heavy atom. The van der Waals surface area contributed by atoms with Crippen molar-refractivity contribution in [3.05, 3.63) is 70.1 Å². The van der Waals surface area contributed by atoms with Crippen LogP contribution < -0.4 is 15.1 Å². The van der Waals surface area contributed by atoms with E-state index in [2.05, 4.69) is 0 Å². The second kappa shape index (κ2) is 6.09. The lowest BCUT2D eigenvalue weighted by Crippen LogP contribution is -2.27. The fraction of sp³-hybridized carbons (Fsp3) is 0.200. The van der Waals surface area contributed by atoms with E-state index in [0.29, 0.717) is 34.6 Å². The van der Waals surface area contributed by atoms with Crippen LogP contribution in [0.25, 0.3) is 11.0 Å². The Bertz CT molecular complexity index is 1020. The highest BCUT2D eigenvalue weighted by Crippen LogP contribution is 2.43. The number of ether oxygens (including phenoxy) is 2. The molecule has 0 fully saturated rings. The zero-order valence-electron chi connectivity index (χ0n) is 13.7. The Hall–Kier alpha value is -3.08. The van der Waals surface area contributed by atoms with Crippen molar-refractivity contribution in [2.45, 2.75) is 19.3 Å². The van der Waals surface area contributed by atoms with Gasteiger partial charge in [-0.25, -0.2) is 4.79 Å². The molecule has 3 aromatic rings. The third-order valence-corrected chi connectivity index (χ3v) is 4.33. The first-order valence-electron chi connectivity index (χ1n) is 8.17. The molecule has 5 heteroatoms. The number of esters is 1. The molecule has 1 aromatic heterocycles. The van der Waals surface area contributed by atoms with Crippen molar-refractivity contribution in [2.75, 3.05) is 6.61 Å². The van der Waals surface area contributed by atoms with Crippen LogP contribution in [0.1, 0.15) is 30.4 Å². The summed E-state index contributed by atoms with van der Waals surface area (Å²) < 4.78 is 16.6. The summed E-state index contributed by atoms with van der Waals surface area (Å²) in [7, 11) is 0. The summed E-state index contributed by atoms with van der Waals surface area (Å²) in [6.07, 6.45) is 0.0696.